The molecule has 0 atom stereocenters. The highest BCUT2D eigenvalue weighted by molar-refractivity contribution is 7.89. The second kappa shape index (κ2) is 7.33. The van der Waals surface area contributed by atoms with Crippen molar-refractivity contribution in [3.8, 4) is 5.75 Å². The summed E-state index contributed by atoms with van der Waals surface area (Å²) in [6.45, 7) is 4.68. The number of rotatable bonds is 7. The quantitative estimate of drug-likeness (QED) is 0.764. The number of benzene rings is 1. The largest absolute Gasteiger partial charge is 0.492 e. The Hall–Kier alpha value is -1.57. The molecule has 23 heavy (non-hydrogen) atoms. The Kier molecular flexibility index (Phi) is 5.67. The maximum atomic E-state index is 12.6. The van der Waals surface area contributed by atoms with Crippen molar-refractivity contribution >= 4 is 21.6 Å². The van der Waals surface area contributed by atoms with Crippen molar-refractivity contribution in [2.75, 3.05) is 20.2 Å². The Bertz CT molecular complexity index is 774. The van der Waals surface area contributed by atoms with E-state index < -0.39 is 10.0 Å². The minimum Gasteiger partial charge on any atom is -0.492 e. The molecule has 0 unspecified atom stereocenters. The number of nitrogens with zero attached hydrogens (tertiary/aromatic N) is 3. The number of hydrogen-bond acceptors (Lipinski definition) is 4. The van der Waals surface area contributed by atoms with Crippen LogP contribution in [0.15, 0.2) is 35.4 Å². The van der Waals surface area contributed by atoms with Gasteiger partial charge in [-0.15, -0.1) is 0 Å². The fourth-order valence-electron chi connectivity index (χ4n) is 2.05. The molecule has 0 amide bonds. The zero-order valence-electron chi connectivity index (χ0n) is 13.4. The van der Waals surface area contributed by atoms with Crippen LogP contribution < -0.4 is 4.74 Å². The SMILES string of the molecule is CCn1cc(S(=O)(=O)N(C)CCOc2cccc(Cl)c2)c(C)n1. The molecule has 0 bridgehead atoms. The second-order valence-electron chi connectivity index (χ2n) is 5.07. The van der Waals surface area contributed by atoms with Crippen molar-refractivity contribution in [2.24, 2.45) is 0 Å². The van der Waals surface area contributed by atoms with E-state index in [-0.39, 0.29) is 18.0 Å². The lowest BCUT2D eigenvalue weighted by Crippen LogP contribution is -2.31. The van der Waals surface area contributed by atoms with Crippen molar-refractivity contribution in [3.63, 3.8) is 0 Å². The minimum absolute atomic E-state index is 0.226. The maximum Gasteiger partial charge on any atom is 0.246 e. The second-order valence-corrected chi connectivity index (χ2v) is 7.52. The molecule has 0 spiro atoms. The number of aromatic nitrogens is 2. The third kappa shape index (κ3) is 4.25. The van der Waals surface area contributed by atoms with Crippen LogP contribution in [0.3, 0.4) is 0 Å². The summed E-state index contributed by atoms with van der Waals surface area (Å²) in [5, 5.41) is 4.76. The summed E-state index contributed by atoms with van der Waals surface area (Å²) in [7, 11) is -2.05. The molecule has 0 N–H and O–H groups in total. The molecule has 0 saturated heterocycles. The van der Waals surface area contributed by atoms with Gasteiger partial charge in [0.1, 0.15) is 17.3 Å². The van der Waals surface area contributed by atoms with Gasteiger partial charge in [-0.2, -0.15) is 9.40 Å². The number of aryl methyl sites for hydroxylation is 2. The lowest BCUT2D eigenvalue weighted by molar-refractivity contribution is 0.287. The van der Waals surface area contributed by atoms with Crippen LogP contribution in [0.2, 0.25) is 5.02 Å². The van der Waals surface area contributed by atoms with Gasteiger partial charge in [0.05, 0.1) is 5.69 Å². The lowest BCUT2D eigenvalue weighted by atomic mass is 10.3. The first-order chi connectivity index (χ1) is 10.8. The van der Waals surface area contributed by atoms with Gasteiger partial charge in [0.2, 0.25) is 10.0 Å². The van der Waals surface area contributed by atoms with E-state index in [0.29, 0.717) is 23.0 Å². The third-order valence-electron chi connectivity index (χ3n) is 3.38. The Balaban J connectivity index is 2.01. The van der Waals surface area contributed by atoms with Crippen molar-refractivity contribution in [2.45, 2.75) is 25.3 Å². The zero-order chi connectivity index (χ0) is 17.0. The molecule has 0 aliphatic heterocycles. The van der Waals surface area contributed by atoms with Crippen molar-refractivity contribution in [3.05, 3.63) is 41.2 Å². The van der Waals surface area contributed by atoms with Crippen LogP contribution in [0.5, 0.6) is 5.75 Å². The highest BCUT2D eigenvalue weighted by atomic mass is 35.5. The predicted molar refractivity (Wildman–Crippen MR) is 89.4 cm³/mol. The molecule has 126 valence electrons. The van der Waals surface area contributed by atoms with E-state index in [1.54, 1.807) is 42.1 Å². The van der Waals surface area contributed by atoms with Crippen LogP contribution in [0.4, 0.5) is 0 Å². The molecule has 2 aromatic rings. The maximum absolute atomic E-state index is 12.6. The fraction of sp³-hybridized carbons (Fsp3) is 0.400. The Morgan fingerprint density at radius 3 is 2.74 bits per heavy atom. The van der Waals surface area contributed by atoms with Crippen molar-refractivity contribution in [1.82, 2.24) is 14.1 Å². The monoisotopic (exact) mass is 357 g/mol. The molecule has 1 aromatic carbocycles. The van der Waals surface area contributed by atoms with Gasteiger partial charge < -0.3 is 4.74 Å². The highest BCUT2D eigenvalue weighted by Crippen LogP contribution is 2.19. The summed E-state index contributed by atoms with van der Waals surface area (Å²) in [5.41, 5.74) is 0.495. The average molecular weight is 358 g/mol. The molecule has 8 heteroatoms. The van der Waals surface area contributed by atoms with E-state index in [1.165, 1.54) is 11.4 Å². The molecular weight excluding hydrogens is 338 g/mol. The fourth-order valence-corrected chi connectivity index (χ4v) is 3.55. The van der Waals surface area contributed by atoms with Crippen LogP contribution in [0.1, 0.15) is 12.6 Å². The zero-order valence-corrected chi connectivity index (χ0v) is 14.9. The number of hydrogen-bond donors (Lipinski definition) is 0. The summed E-state index contributed by atoms with van der Waals surface area (Å²) in [6.07, 6.45) is 1.55. The number of sulfonamides is 1. The molecule has 0 radical (unpaired) electrons. The number of halogens is 1. The van der Waals surface area contributed by atoms with Crippen LogP contribution in [0, 0.1) is 6.92 Å². The molecule has 0 aliphatic rings. The van der Waals surface area contributed by atoms with Gasteiger partial charge in [0.15, 0.2) is 0 Å². The predicted octanol–water partition coefficient (Wildman–Crippen LogP) is 2.56. The van der Waals surface area contributed by atoms with Crippen LogP contribution in [-0.2, 0) is 16.6 Å². The van der Waals surface area contributed by atoms with E-state index in [4.69, 9.17) is 16.3 Å². The first kappa shape index (κ1) is 17.8. The first-order valence-corrected chi connectivity index (χ1v) is 9.05. The van der Waals surface area contributed by atoms with E-state index in [2.05, 4.69) is 5.10 Å². The molecule has 0 saturated carbocycles. The summed E-state index contributed by atoms with van der Waals surface area (Å²) >= 11 is 5.88. The molecule has 0 fully saturated rings. The van der Waals surface area contributed by atoms with Gasteiger partial charge >= 0.3 is 0 Å². The van der Waals surface area contributed by atoms with E-state index in [9.17, 15) is 8.42 Å². The first-order valence-electron chi connectivity index (χ1n) is 7.23. The Morgan fingerprint density at radius 1 is 1.39 bits per heavy atom. The molecule has 6 nitrogen and oxygen atoms in total. The molecule has 0 aliphatic carbocycles. The van der Waals surface area contributed by atoms with Crippen LogP contribution in [-0.4, -0.2) is 42.7 Å². The van der Waals surface area contributed by atoms with E-state index in [0.717, 1.165) is 0 Å². The standard InChI is InChI=1S/C15H20ClN3O3S/c1-4-19-11-15(12(2)17-19)23(20,21)18(3)8-9-22-14-7-5-6-13(16)10-14/h5-7,10-11H,4,8-9H2,1-3H3. The summed E-state index contributed by atoms with van der Waals surface area (Å²) in [6, 6.07) is 6.99. The van der Waals surface area contributed by atoms with Gasteiger partial charge in [0, 0.05) is 31.4 Å². The molecular formula is C15H20ClN3O3S. The normalized spacial score (nSPS) is 11.9. The lowest BCUT2D eigenvalue weighted by Gasteiger charge is -2.17. The number of ether oxygens (including phenoxy) is 1. The summed E-state index contributed by atoms with van der Waals surface area (Å²) in [5.74, 6) is 0.610. The smallest absolute Gasteiger partial charge is 0.246 e. The number of likely N-dealkylation sites (N-methyl/N-ethyl adjacent to an activating group) is 1. The van der Waals surface area contributed by atoms with E-state index >= 15 is 0 Å². The van der Waals surface area contributed by atoms with Gasteiger partial charge in [-0.05, 0) is 32.0 Å². The van der Waals surface area contributed by atoms with Crippen molar-refractivity contribution < 1.29 is 13.2 Å². The molecule has 2 rings (SSSR count). The Labute approximate surface area is 141 Å². The van der Waals surface area contributed by atoms with Crippen molar-refractivity contribution in [1.29, 1.82) is 0 Å². The van der Waals surface area contributed by atoms with Gasteiger partial charge in [0.25, 0.3) is 0 Å². The third-order valence-corrected chi connectivity index (χ3v) is 5.58. The van der Waals surface area contributed by atoms with Crippen LogP contribution >= 0.6 is 11.6 Å². The Morgan fingerprint density at radius 2 is 2.13 bits per heavy atom. The molecule has 1 heterocycles. The van der Waals surface area contributed by atoms with Gasteiger partial charge in [-0.25, -0.2) is 8.42 Å². The highest BCUT2D eigenvalue weighted by Gasteiger charge is 2.25. The van der Waals surface area contributed by atoms with Crippen LogP contribution in [0.25, 0.3) is 0 Å². The van der Waals surface area contributed by atoms with Gasteiger partial charge in [-0.1, -0.05) is 17.7 Å². The average Bonchev–Trinajstić information content (AvgIpc) is 2.89. The van der Waals surface area contributed by atoms with E-state index in [1.807, 2.05) is 6.92 Å². The summed E-state index contributed by atoms with van der Waals surface area (Å²) in [4.78, 5) is 0.226. The minimum atomic E-state index is -3.58. The van der Waals surface area contributed by atoms with Gasteiger partial charge in [-0.3, -0.25) is 4.68 Å². The topological polar surface area (TPSA) is 64.4 Å². The summed E-state index contributed by atoms with van der Waals surface area (Å²) < 4.78 is 33.6. The molecule has 1 aromatic heterocycles.